The minimum Gasteiger partial charge on any atom is -0.295 e. The fourth-order valence-electron chi connectivity index (χ4n) is 3.09. The first kappa shape index (κ1) is 18.9. The Labute approximate surface area is 170 Å². The minimum absolute atomic E-state index is 0.324. The van der Waals surface area contributed by atoms with Gasteiger partial charge in [0.1, 0.15) is 5.82 Å². The van der Waals surface area contributed by atoms with Gasteiger partial charge in [0, 0.05) is 10.7 Å². The molecular formula is C21H16ClFN4O2. The van der Waals surface area contributed by atoms with E-state index in [1.54, 1.807) is 38.1 Å². The lowest BCUT2D eigenvalue weighted by Gasteiger charge is -2.11. The van der Waals surface area contributed by atoms with Crippen LogP contribution in [-0.2, 0) is 4.79 Å². The van der Waals surface area contributed by atoms with Gasteiger partial charge in [0.05, 0.1) is 28.2 Å². The molecule has 1 aromatic heterocycles. The van der Waals surface area contributed by atoms with Crippen molar-refractivity contribution in [2.24, 2.45) is 5.10 Å². The van der Waals surface area contributed by atoms with Crippen molar-refractivity contribution in [3.63, 3.8) is 0 Å². The van der Waals surface area contributed by atoms with E-state index in [4.69, 9.17) is 11.6 Å². The molecule has 8 heteroatoms. The molecule has 0 saturated carbocycles. The SMILES string of the molecule is CC1=NN(c2ccc(Cl)cc2)C(=O)/C1=C\c1c(C)[nH]n(-c2ccc(F)cc2)c1=O. The number of hydrogen-bond donors (Lipinski definition) is 1. The number of anilines is 1. The van der Waals surface area contributed by atoms with Crippen LogP contribution in [0.15, 0.2) is 64.0 Å². The highest BCUT2D eigenvalue weighted by Gasteiger charge is 2.29. The van der Waals surface area contributed by atoms with E-state index >= 15 is 0 Å². The average molecular weight is 411 g/mol. The molecule has 2 aromatic carbocycles. The molecule has 0 saturated heterocycles. The van der Waals surface area contributed by atoms with E-state index in [9.17, 15) is 14.0 Å². The first-order chi connectivity index (χ1) is 13.8. The van der Waals surface area contributed by atoms with Crippen LogP contribution in [0.1, 0.15) is 18.2 Å². The van der Waals surface area contributed by atoms with Crippen LogP contribution < -0.4 is 10.6 Å². The van der Waals surface area contributed by atoms with Crippen molar-refractivity contribution in [3.8, 4) is 5.69 Å². The second-order valence-corrected chi connectivity index (χ2v) is 7.04. The minimum atomic E-state index is -0.391. The van der Waals surface area contributed by atoms with Crippen LogP contribution >= 0.6 is 11.6 Å². The summed E-state index contributed by atoms with van der Waals surface area (Å²) in [5.74, 6) is -0.726. The van der Waals surface area contributed by atoms with E-state index in [-0.39, 0.29) is 11.5 Å². The Kier molecular flexibility index (Phi) is 4.68. The molecular weight excluding hydrogens is 395 g/mol. The number of aromatic nitrogens is 2. The van der Waals surface area contributed by atoms with E-state index in [2.05, 4.69) is 10.2 Å². The largest absolute Gasteiger partial charge is 0.295 e. The number of aryl methyl sites for hydroxylation is 1. The van der Waals surface area contributed by atoms with Crippen LogP contribution in [0.4, 0.5) is 10.1 Å². The molecule has 0 atom stereocenters. The van der Waals surface area contributed by atoms with Crippen LogP contribution in [0.2, 0.25) is 5.02 Å². The van der Waals surface area contributed by atoms with E-state index < -0.39 is 5.82 Å². The van der Waals surface area contributed by atoms with Crippen molar-refractivity contribution in [2.75, 3.05) is 5.01 Å². The van der Waals surface area contributed by atoms with Gasteiger partial charge in [-0.15, -0.1) is 0 Å². The van der Waals surface area contributed by atoms with Crippen molar-refractivity contribution in [2.45, 2.75) is 13.8 Å². The summed E-state index contributed by atoms with van der Waals surface area (Å²) in [6, 6.07) is 12.3. The number of halogens is 2. The fourth-order valence-corrected chi connectivity index (χ4v) is 3.21. The normalized spacial score (nSPS) is 15.3. The Morgan fingerprint density at radius 1 is 1.00 bits per heavy atom. The average Bonchev–Trinajstić information content (AvgIpc) is 3.14. The number of benzene rings is 2. The third-order valence-corrected chi connectivity index (χ3v) is 4.88. The highest BCUT2D eigenvalue weighted by atomic mass is 35.5. The molecule has 29 heavy (non-hydrogen) atoms. The molecule has 2 heterocycles. The lowest BCUT2D eigenvalue weighted by molar-refractivity contribution is -0.114. The molecule has 0 bridgehead atoms. The Hall–Kier alpha value is -3.45. The molecule has 0 fully saturated rings. The molecule has 146 valence electrons. The molecule has 0 aliphatic carbocycles. The summed E-state index contributed by atoms with van der Waals surface area (Å²) in [5, 5.41) is 9.10. The molecule has 0 spiro atoms. The number of carbonyl (C=O) groups is 1. The molecule has 4 rings (SSSR count). The number of amides is 1. The monoisotopic (exact) mass is 410 g/mol. The summed E-state index contributed by atoms with van der Waals surface area (Å²) in [7, 11) is 0. The maximum absolute atomic E-state index is 13.2. The summed E-state index contributed by atoms with van der Waals surface area (Å²) in [5.41, 5.74) is 2.48. The molecule has 0 radical (unpaired) electrons. The Bertz CT molecular complexity index is 1220. The Morgan fingerprint density at radius 3 is 2.28 bits per heavy atom. The van der Waals surface area contributed by atoms with E-state index in [0.717, 1.165) is 0 Å². The Morgan fingerprint density at radius 2 is 1.62 bits per heavy atom. The predicted molar refractivity (Wildman–Crippen MR) is 111 cm³/mol. The highest BCUT2D eigenvalue weighted by molar-refractivity contribution is 6.32. The van der Waals surface area contributed by atoms with Crippen molar-refractivity contribution >= 4 is 35.0 Å². The van der Waals surface area contributed by atoms with Crippen LogP contribution in [-0.4, -0.2) is 21.4 Å². The third-order valence-electron chi connectivity index (χ3n) is 4.62. The van der Waals surface area contributed by atoms with Gasteiger partial charge in [0.2, 0.25) is 0 Å². The second kappa shape index (κ2) is 7.18. The maximum atomic E-state index is 13.2. The molecule has 6 nitrogen and oxygen atoms in total. The van der Waals surface area contributed by atoms with E-state index in [1.165, 1.54) is 40.0 Å². The number of carbonyl (C=O) groups excluding carboxylic acids is 1. The topological polar surface area (TPSA) is 70.5 Å². The fraction of sp³-hybridized carbons (Fsp3) is 0.0952. The zero-order valence-corrected chi connectivity index (χ0v) is 16.4. The van der Waals surface area contributed by atoms with Gasteiger partial charge >= 0.3 is 0 Å². The van der Waals surface area contributed by atoms with Gasteiger partial charge in [-0.25, -0.2) is 9.07 Å². The molecule has 0 unspecified atom stereocenters. The van der Waals surface area contributed by atoms with Crippen LogP contribution in [0.3, 0.4) is 0 Å². The van der Waals surface area contributed by atoms with Crippen molar-refractivity contribution < 1.29 is 9.18 Å². The number of nitrogens with one attached hydrogen (secondary N) is 1. The van der Waals surface area contributed by atoms with Crippen molar-refractivity contribution in [1.82, 2.24) is 9.78 Å². The highest BCUT2D eigenvalue weighted by Crippen LogP contribution is 2.26. The van der Waals surface area contributed by atoms with Gasteiger partial charge in [0.25, 0.3) is 11.5 Å². The first-order valence-electron chi connectivity index (χ1n) is 8.80. The lowest BCUT2D eigenvalue weighted by atomic mass is 10.1. The quantitative estimate of drug-likeness (QED) is 0.661. The summed E-state index contributed by atoms with van der Waals surface area (Å²) in [4.78, 5) is 25.8. The van der Waals surface area contributed by atoms with Crippen LogP contribution in [0, 0.1) is 12.7 Å². The van der Waals surface area contributed by atoms with Gasteiger partial charge in [-0.2, -0.15) is 10.1 Å². The number of aromatic amines is 1. The van der Waals surface area contributed by atoms with Gasteiger partial charge in [-0.1, -0.05) is 11.6 Å². The summed E-state index contributed by atoms with van der Waals surface area (Å²) in [6.07, 6.45) is 1.53. The summed E-state index contributed by atoms with van der Waals surface area (Å²) < 4.78 is 14.5. The standard InChI is InChI=1S/C21H16ClFN4O2/c1-12-18(20(28)26(24-12)16-7-3-14(22)4-8-16)11-19-13(2)25-27(21(19)29)17-9-5-15(23)6-10-17/h3-11,25H,1-2H3/b18-11-. The number of hydrogen-bond acceptors (Lipinski definition) is 3. The van der Waals surface area contributed by atoms with Crippen LogP contribution in [0.5, 0.6) is 0 Å². The van der Waals surface area contributed by atoms with Crippen LogP contribution in [0.25, 0.3) is 11.8 Å². The smallest absolute Gasteiger partial charge is 0.280 e. The maximum Gasteiger partial charge on any atom is 0.280 e. The number of hydrazone groups is 1. The molecule has 1 aliphatic rings. The number of H-pyrrole nitrogens is 1. The van der Waals surface area contributed by atoms with Crippen molar-refractivity contribution in [3.05, 3.63) is 86.6 Å². The van der Waals surface area contributed by atoms with Crippen molar-refractivity contribution in [1.29, 1.82) is 0 Å². The van der Waals surface area contributed by atoms with Gasteiger partial charge in [0.15, 0.2) is 0 Å². The molecule has 1 amide bonds. The zero-order chi connectivity index (χ0) is 20.7. The van der Waals surface area contributed by atoms with Gasteiger partial charge < -0.3 is 0 Å². The lowest BCUT2D eigenvalue weighted by Crippen LogP contribution is -2.21. The summed E-state index contributed by atoms with van der Waals surface area (Å²) in [6.45, 7) is 3.44. The van der Waals surface area contributed by atoms with Gasteiger partial charge in [-0.3, -0.25) is 14.7 Å². The predicted octanol–water partition coefficient (Wildman–Crippen LogP) is 4.07. The molecule has 3 aromatic rings. The zero-order valence-electron chi connectivity index (χ0n) is 15.6. The molecule has 1 N–H and O–H groups in total. The Balaban J connectivity index is 1.72. The first-order valence-corrected chi connectivity index (χ1v) is 9.18. The number of rotatable bonds is 3. The third kappa shape index (κ3) is 3.40. The second-order valence-electron chi connectivity index (χ2n) is 6.60. The van der Waals surface area contributed by atoms with Gasteiger partial charge in [-0.05, 0) is 68.5 Å². The summed E-state index contributed by atoms with van der Waals surface area (Å²) >= 11 is 5.90. The van der Waals surface area contributed by atoms with E-state index in [1.807, 2.05) is 0 Å². The number of nitrogens with zero attached hydrogens (tertiary/aromatic N) is 3. The van der Waals surface area contributed by atoms with E-state index in [0.29, 0.717) is 38.9 Å². The molecule has 1 aliphatic heterocycles.